The molecule has 1 heterocycles. The number of aliphatic carboxylic acids is 1. The van der Waals surface area contributed by atoms with Crippen molar-refractivity contribution in [1.29, 1.82) is 0 Å². The van der Waals surface area contributed by atoms with Crippen molar-refractivity contribution in [3.05, 3.63) is 0 Å². The van der Waals surface area contributed by atoms with E-state index in [4.69, 9.17) is 25.1 Å². The molecule has 14 heavy (non-hydrogen) atoms. The summed E-state index contributed by atoms with van der Waals surface area (Å²) in [6.45, 7) is 1.50. The predicted molar refractivity (Wildman–Crippen MR) is 46.7 cm³/mol. The third-order valence-electron chi connectivity index (χ3n) is 1.76. The van der Waals surface area contributed by atoms with Crippen LogP contribution in [0.1, 0.15) is 6.42 Å². The second kappa shape index (κ2) is 5.92. The van der Waals surface area contributed by atoms with Crippen LogP contribution >= 0.6 is 0 Å². The largest absolute Gasteiger partial charge is 0.480 e. The normalized spacial score (nSPS) is 20.6. The van der Waals surface area contributed by atoms with Crippen molar-refractivity contribution in [1.82, 2.24) is 0 Å². The van der Waals surface area contributed by atoms with Crippen LogP contribution in [0.3, 0.4) is 0 Å². The summed E-state index contributed by atoms with van der Waals surface area (Å²) in [5.41, 5.74) is 5.23. The summed E-state index contributed by atoms with van der Waals surface area (Å²) in [5.74, 6) is -1.07. The van der Waals surface area contributed by atoms with E-state index in [9.17, 15) is 4.79 Å². The van der Waals surface area contributed by atoms with Gasteiger partial charge in [0.1, 0.15) is 6.04 Å². The van der Waals surface area contributed by atoms with E-state index in [0.29, 0.717) is 13.2 Å². The molecular formula is C8H15NO5. The van der Waals surface area contributed by atoms with Crippen LogP contribution in [-0.2, 0) is 19.0 Å². The molecule has 1 unspecified atom stereocenters. The van der Waals surface area contributed by atoms with Gasteiger partial charge in [-0.05, 0) is 6.42 Å². The summed E-state index contributed by atoms with van der Waals surface area (Å²) in [6, 6.07) is -0.987. The van der Waals surface area contributed by atoms with Crippen molar-refractivity contribution < 1.29 is 24.1 Å². The Bertz CT molecular complexity index is 181. The highest BCUT2D eigenvalue weighted by atomic mass is 16.7. The zero-order valence-corrected chi connectivity index (χ0v) is 7.85. The maximum Gasteiger partial charge on any atom is 0.322 e. The minimum absolute atomic E-state index is 0.0292. The number of ether oxygens (including phenoxy) is 3. The Morgan fingerprint density at radius 3 is 2.79 bits per heavy atom. The lowest BCUT2D eigenvalue weighted by Crippen LogP contribution is -2.37. The summed E-state index contributed by atoms with van der Waals surface area (Å²) in [6.07, 6.45) is 0.496. The first-order valence-electron chi connectivity index (χ1n) is 4.49. The zero-order chi connectivity index (χ0) is 10.4. The van der Waals surface area contributed by atoms with Crippen molar-refractivity contribution in [3.8, 4) is 0 Å². The van der Waals surface area contributed by atoms with Gasteiger partial charge in [0.15, 0.2) is 6.29 Å². The molecule has 1 aliphatic rings. The number of hydrogen-bond donors (Lipinski definition) is 2. The van der Waals surface area contributed by atoms with E-state index in [2.05, 4.69) is 0 Å². The Balaban J connectivity index is 2.05. The third-order valence-corrected chi connectivity index (χ3v) is 1.76. The number of carboxylic acids is 1. The molecule has 6 nitrogen and oxygen atoms in total. The standard InChI is InChI=1S/C8H15NO5/c9-6(8(10)11)4-12-5-7-13-2-1-3-14-7/h6-7H,1-5,9H2,(H,10,11). The van der Waals surface area contributed by atoms with E-state index in [1.165, 1.54) is 0 Å². The van der Waals surface area contributed by atoms with Crippen LogP contribution in [-0.4, -0.2) is 49.8 Å². The maximum atomic E-state index is 10.3. The van der Waals surface area contributed by atoms with Crippen LogP contribution in [0.2, 0.25) is 0 Å². The molecule has 1 atom stereocenters. The molecule has 0 aliphatic carbocycles. The zero-order valence-electron chi connectivity index (χ0n) is 7.85. The monoisotopic (exact) mass is 205 g/mol. The molecule has 1 saturated heterocycles. The van der Waals surface area contributed by atoms with E-state index < -0.39 is 12.0 Å². The Hall–Kier alpha value is -0.690. The van der Waals surface area contributed by atoms with E-state index in [0.717, 1.165) is 6.42 Å². The quantitative estimate of drug-likeness (QED) is 0.609. The second-order valence-electron chi connectivity index (χ2n) is 3.01. The topological polar surface area (TPSA) is 91.0 Å². The van der Waals surface area contributed by atoms with Crippen LogP contribution in [0.5, 0.6) is 0 Å². The van der Waals surface area contributed by atoms with Gasteiger partial charge in [0.2, 0.25) is 0 Å². The molecule has 0 bridgehead atoms. The molecule has 0 spiro atoms. The first-order chi connectivity index (χ1) is 6.70. The van der Waals surface area contributed by atoms with E-state index in [1.807, 2.05) is 0 Å². The van der Waals surface area contributed by atoms with Crippen molar-refractivity contribution in [3.63, 3.8) is 0 Å². The molecule has 1 aliphatic heterocycles. The van der Waals surface area contributed by atoms with Gasteiger partial charge >= 0.3 is 5.97 Å². The summed E-state index contributed by atoms with van der Waals surface area (Å²) < 4.78 is 15.4. The minimum Gasteiger partial charge on any atom is -0.480 e. The first kappa shape index (κ1) is 11.4. The minimum atomic E-state index is -1.07. The molecule has 6 heteroatoms. The van der Waals surface area contributed by atoms with Gasteiger partial charge < -0.3 is 25.1 Å². The Morgan fingerprint density at radius 1 is 1.57 bits per heavy atom. The molecule has 1 fully saturated rings. The number of carbonyl (C=O) groups is 1. The van der Waals surface area contributed by atoms with Crippen LogP contribution in [0.25, 0.3) is 0 Å². The molecule has 0 aromatic heterocycles. The molecule has 0 amide bonds. The molecule has 1 rings (SSSR count). The summed E-state index contributed by atoms with van der Waals surface area (Å²) in [4.78, 5) is 10.3. The summed E-state index contributed by atoms with van der Waals surface area (Å²) >= 11 is 0. The smallest absolute Gasteiger partial charge is 0.322 e. The molecule has 3 N–H and O–H groups in total. The number of hydrogen-bond acceptors (Lipinski definition) is 5. The fourth-order valence-electron chi connectivity index (χ4n) is 0.995. The third kappa shape index (κ3) is 4.01. The molecule has 0 radical (unpaired) electrons. The van der Waals surface area contributed by atoms with Gasteiger partial charge in [0, 0.05) is 0 Å². The molecule has 0 saturated carbocycles. The van der Waals surface area contributed by atoms with Gasteiger partial charge in [-0.25, -0.2) is 0 Å². The van der Waals surface area contributed by atoms with Crippen LogP contribution in [0.4, 0.5) is 0 Å². The lowest BCUT2D eigenvalue weighted by molar-refractivity contribution is -0.203. The lowest BCUT2D eigenvalue weighted by Gasteiger charge is -2.23. The average molecular weight is 205 g/mol. The van der Waals surface area contributed by atoms with Gasteiger partial charge in [-0.3, -0.25) is 4.79 Å². The second-order valence-corrected chi connectivity index (χ2v) is 3.01. The van der Waals surface area contributed by atoms with Gasteiger partial charge in [-0.1, -0.05) is 0 Å². The van der Waals surface area contributed by atoms with Gasteiger partial charge in [-0.15, -0.1) is 0 Å². The highest BCUT2D eigenvalue weighted by molar-refractivity contribution is 5.73. The lowest BCUT2D eigenvalue weighted by atomic mass is 10.3. The Kier molecular flexibility index (Phi) is 4.81. The number of carboxylic acid groups (broad SMARTS) is 1. The Labute approximate surface area is 81.9 Å². The predicted octanol–water partition coefficient (Wildman–Crippen LogP) is -0.822. The van der Waals surface area contributed by atoms with Crippen molar-refractivity contribution in [2.45, 2.75) is 18.8 Å². The van der Waals surface area contributed by atoms with E-state index >= 15 is 0 Å². The average Bonchev–Trinajstić information content (AvgIpc) is 2.19. The molecule has 0 aromatic rings. The number of rotatable bonds is 5. The van der Waals surface area contributed by atoms with Crippen molar-refractivity contribution in [2.75, 3.05) is 26.4 Å². The maximum absolute atomic E-state index is 10.3. The van der Waals surface area contributed by atoms with Crippen molar-refractivity contribution in [2.24, 2.45) is 5.73 Å². The first-order valence-corrected chi connectivity index (χ1v) is 4.49. The molecule has 0 aromatic carbocycles. The van der Waals surface area contributed by atoms with Gasteiger partial charge in [0.05, 0.1) is 26.4 Å². The number of nitrogens with two attached hydrogens (primary N) is 1. The summed E-state index contributed by atoms with van der Waals surface area (Å²) in [5, 5.41) is 8.45. The highest BCUT2D eigenvalue weighted by Gasteiger charge is 2.16. The van der Waals surface area contributed by atoms with Crippen LogP contribution in [0.15, 0.2) is 0 Å². The molecule has 82 valence electrons. The molecular weight excluding hydrogens is 190 g/mol. The fourth-order valence-corrected chi connectivity index (χ4v) is 0.995. The van der Waals surface area contributed by atoms with E-state index in [1.54, 1.807) is 0 Å². The fraction of sp³-hybridized carbons (Fsp3) is 0.875. The highest BCUT2D eigenvalue weighted by Crippen LogP contribution is 2.04. The SMILES string of the molecule is NC(COCC1OCCCO1)C(=O)O. The van der Waals surface area contributed by atoms with Crippen LogP contribution in [0, 0.1) is 0 Å². The van der Waals surface area contributed by atoms with Crippen LogP contribution < -0.4 is 5.73 Å². The van der Waals surface area contributed by atoms with Gasteiger partial charge in [0.25, 0.3) is 0 Å². The summed E-state index contributed by atoms with van der Waals surface area (Å²) in [7, 11) is 0. The Morgan fingerprint density at radius 2 is 2.21 bits per heavy atom. The van der Waals surface area contributed by atoms with Gasteiger partial charge in [-0.2, -0.15) is 0 Å². The van der Waals surface area contributed by atoms with Crippen molar-refractivity contribution >= 4 is 5.97 Å². The van der Waals surface area contributed by atoms with E-state index in [-0.39, 0.29) is 19.5 Å².